The molecular weight excluding hydrogens is 426 g/mol. The summed E-state index contributed by atoms with van der Waals surface area (Å²) in [6.45, 7) is 3.39. The van der Waals surface area contributed by atoms with E-state index in [1.807, 2.05) is 23.1 Å². The third-order valence-corrected chi connectivity index (χ3v) is 7.42. The van der Waals surface area contributed by atoms with Gasteiger partial charge >= 0.3 is 12.0 Å². The maximum Gasteiger partial charge on any atom is 0.318 e. The van der Waals surface area contributed by atoms with E-state index in [1.54, 1.807) is 0 Å². The van der Waals surface area contributed by atoms with E-state index < -0.39 is 5.54 Å². The summed E-state index contributed by atoms with van der Waals surface area (Å²) in [5, 5.41) is 6.49. The standard InChI is InChI=1S/C25H37N3O3.ClH/c29-23(31-22-9-5-2-6-10-22)11-15-25(21-7-3-1-4-8-21)19-27-24(30)28(25)18-14-20-12-16-26-17-13-20;/h1,3-4,7-8,20,22,26H,2,5-6,9-19H2,(H,27,30);1H. The number of piperidine rings is 1. The van der Waals surface area contributed by atoms with E-state index in [2.05, 4.69) is 22.8 Å². The van der Waals surface area contributed by atoms with Crippen molar-refractivity contribution in [3.05, 3.63) is 35.9 Å². The van der Waals surface area contributed by atoms with Crippen molar-refractivity contribution in [3.8, 4) is 0 Å². The van der Waals surface area contributed by atoms with Gasteiger partial charge in [0.25, 0.3) is 0 Å². The second-order valence-electron chi connectivity index (χ2n) is 9.44. The van der Waals surface area contributed by atoms with Crippen LogP contribution in [0.3, 0.4) is 0 Å². The first kappa shape index (κ1) is 24.8. The Bertz CT molecular complexity index is 735. The van der Waals surface area contributed by atoms with Gasteiger partial charge in [-0.1, -0.05) is 36.8 Å². The van der Waals surface area contributed by atoms with E-state index in [4.69, 9.17) is 4.74 Å². The molecular formula is C25H38ClN3O3. The average molecular weight is 464 g/mol. The number of urea groups is 1. The van der Waals surface area contributed by atoms with Crippen LogP contribution in [-0.4, -0.2) is 49.2 Å². The highest BCUT2D eigenvalue weighted by molar-refractivity contribution is 5.85. The summed E-state index contributed by atoms with van der Waals surface area (Å²) in [7, 11) is 0. The van der Waals surface area contributed by atoms with Crippen molar-refractivity contribution in [3.63, 3.8) is 0 Å². The van der Waals surface area contributed by atoms with Gasteiger partial charge in [0.1, 0.15) is 6.10 Å². The van der Waals surface area contributed by atoms with Gasteiger partial charge in [-0.25, -0.2) is 4.79 Å². The van der Waals surface area contributed by atoms with Gasteiger partial charge < -0.3 is 20.3 Å². The van der Waals surface area contributed by atoms with Crippen LogP contribution in [0.25, 0.3) is 0 Å². The van der Waals surface area contributed by atoms with Crippen molar-refractivity contribution in [1.29, 1.82) is 0 Å². The van der Waals surface area contributed by atoms with Crippen LogP contribution in [0.5, 0.6) is 0 Å². The van der Waals surface area contributed by atoms with Crippen LogP contribution in [0.2, 0.25) is 0 Å². The zero-order chi connectivity index (χ0) is 21.5. The number of hydrogen-bond donors (Lipinski definition) is 2. The monoisotopic (exact) mass is 463 g/mol. The highest BCUT2D eigenvalue weighted by atomic mass is 35.5. The fourth-order valence-electron chi connectivity index (χ4n) is 5.52. The van der Waals surface area contributed by atoms with Crippen LogP contribution in [0.1, 0.15) is 69.8 Å². The molecule has 0 spiro atoms. The first-order valence-corrected chi connectivity index (χ1v) is 12.2. The Morgan fingerprint density at radius 3 is 2.50 bits per heavy atom. The third kappa shape index (κ3) is 5.96. The zero-order valence-electron chi connectivity index (χ0n) is 19.0. The maximum atomic E-state index is 12.9. The van der Waals surface area contributed by atoms with Crippen LogP contribution in [0, 0.1) is 5.92 Å². The first-order chi connectivity index (χ1) is 15.2. The summed E-state index contributed by atoms with van der Waals surface area (Å²) >= 11 is 0. The molecule has 3 aliphatic rings. The number of carbonyl (C=O) groups is 2. The number of ether oxygens (including phenoxy) is 1. The van der Waals surface area contributed by atoms with Gasteiger partial charge in [-0.3, -0.25) is 4.79 Å². The summed E-state index contributed by atoms with van der Waals surface area (Å²) in [5.74, 6) is 0.527. The molecule has 0 bridgehead atoms. The second kappa shape index (κ2) is 11.9. The van der Waals surface area contributed by atoms with Crippen LogP contribution < -0.4 is 10.6 Å². The number of carbonyl (C=O) groups excluding carboxylic acids is 2. The Balaban J connectivity index is 0.00000289. The molecule has 2 N–H and O–H groups in total. The number of rotatable bonds is 8. The summed E-state index contributed by atoms with van der Waals surface area (Å²) in [6, 6.07) is 10.2. The Morgan fingerprint density at radius 1 is 1.06 bits per heavy atom. The Labute approximate surface area is 198 Å². The van der Waals surface area contributed by atoms with E-state index in [1.165, 1.54) is 19.3 Å². The predicted octanol–water partition coefficient (Wildman–Crippen LogP) is 4.37. The maximum absolute atomic E-state index is 12.9. The van der Waals surface area contributed by atoms with E-state index in [0.29, 0.717) is 25.3 Å². The van der Waals surface area contributed by atoms with Crippen LogP contribution >= 0.6 is 12.4 Å². The lowest BCUT2D eigenvalue weighted by atomic mass is 9.84. The van der Waals surface area contributed by atoms with Crippen molar-refractivity contribution >= 4 is 24.4 Å². The summed E-state index contributed by atoms with van der Waals surface area (Å²) in [5.41, 5.74) is 0.612. The smallest absolute Gasteiger partial charge is 0.318 e. The first-order valence-electron chi connectivity index (χ1n) is 12.2. The normalized spacial score (nSPS) is 24.6. The molecule has 2 heterocycles. The van der Waals surface area contributed by atoms with Gasteiger partial charge in [-0.15, -0.1) is 12.4 Å². The fourth-order valence-corrected chi connectivity index (χ4v) is 5.52. The van der Waals surface area contributed by atoms with Crippen LogP contribution in [0.15, 0.2) is 30.3 Å². The van der Waals surface area contributed by atoms with Gasteiger partial charge in [0.05, 0.1) is 5.54 Å². The zero-order valence-corrected chi connectivity index (χ0v) is 19.8. The molecule has 1 atom stereocenters. The van der Waals surface area contributed by atoms with Crippen LogP contribution in [-0.2, 0) is 15.1 Å². The predicted molar refractivity (Wildman–Crippen MR) is 128 cm³/mol. The minimum absolute atomic E-state index is 0. The highest BCUT2D eigenvalue weighted by Crippen LogP contribution is 2.38. The average Bonchev–Trinajstić information content (AvgIpc) is 3.14. The number of nitrogens with one attached hydrogen (secondary N) is 2. The van der Waals surface area contributed by atoms with Gasteiger partial charge in [0.2, 0.25) is 0 Å². The SMILES string of the molecule is Cl.O=C(CCC1(c2ccccc2)CNC(=O)N1CCC1CCNCC1)OC1CCCCC1. The van der Waals surface area contributed by atoms with E-state index in [9.17, 15) is 9.59 Å². The molecule has 1 aliphatic carbocycles. The molecule has 6 nitrogen and oxygen atoms in total. The lowest BCUT2D eigenvalue weighted by Gasteiger charge is -2.38. The largest absolute Gasteiger partial charge is 0.462 e. The molecule has 1 aromatic rings. The van der Waals surface area contributed by atoms with Crippen molar-refractivity contribution in [2.75, 3.05) is 26.2 Å². The van der Waals surface area contributed by atoms with Gasteiger partial charge in [-0.05, 0) is 75.9 Å². The van der Waals surface area contributed by atoms with Gasteiger partial charge in [-0.2, -0.15) is 0 Å². The topological polar surface area (TPSA) is 70.7 Å². The second-order valence-corrected chi connectivity index (χ2v) is 9.44. The van der Waals surface area contributed by atoms with E-state index >= 15 is 0 Å². The lowest BCUT2D eigenvalue weighted by molar-refractivity contribution is -0.151. The third-order valence-electron chi connectivity index (χ3n) is 7.42. The number of benzene rings is 1. The molecule has 1 aromatic carbocycles. The van der Waals surface area contributed by atoms with Gasteiger partial charge in [0, 0.05) is 19.5 Å². The Morgan fingerprint density at radius 2 is 1.78 bits per heavy atom. The quantitative estimate of drug-likeness (QED) is 0.561. The van der Waals surface area contributed by atoms with E-state index in [-0.39, 0.29) is 30.5 Å². The molecule has 1 unspecified atom stereocenters. The van der Waals surface area contributed by atoms with E-state index in [0.717, 1.165) is 57.3 Å². The Hall–Kier alpha value is -1.79. The number of amides is 2. The summed E-state index contributed by atoms with van der Waals surface area (Å²) in [4.78, 5) is 27.6. The molecule has 0 radical (unpaired) electrons. The molecule has 2 amide bonds. The summed E-state index contributed by atoms with van der Waals surface area (Å²) in [6.07, 6.45) is 9.86. The molecule has 3 fully saturated rings. The number of nitrogens with zero attached hydrogens (tertiary/aromatic N) is 1. The minimum atomic E-state index is -0.489. The number of hydrogen-bond acceptors (Lipinski definition) is 4. The van der Waals surface area contributed by atoms with Crippen molar-refractivity contribution in [2.24, 2.45) is 5.92 Å². The van der Waals surface area contributed by atoms with Crippen LogP contribution in [0.4, 0.5) is 4.79 Å². The Kier molecular flexibility index (Phi) is 9.23. The van der Waals surface area contributed by atoms with Crippen molar-refractivity contribution in [1.82, 2.24) is 15.5 Å². The molecule has 2 saturated heterocycles. The fraction of sp³-hybridized carbons (Fsp3) is 0.680. The molecule has 0 aromatic heterocycles. The highest BCUT2D eigenvalue weighted by Gasteiger charge is 2.46. The molecule has 1 saturated carbocycles. The molecule has 2 aliphatic heterocycles. The molecule has 4 rings (SSSR count). The van der Waals surface area contributed by atoms with Gasteiger partial charge in [0.15, 0.2) is 0 Å². The number of halogens is 1. The number of esters is 1. The molecule has 178 valence electrons. The van der Waals surface area contributed by atoms with Crippen molar-refractivity contribution < 1.29 is 14.3 Å². The van der Waals surface area contributed by atoms with Crippen molar-refractivity contribution in [2.45, 2.75) is 75.9 Å². The molecule has 32 heavy (non-hydrogen) atoms. The lowest BCUT2D eigenvalue weighted by Crippen LogP contribution is -2.46. The minimum Gasteiger partial charge on any atom is -0.462 e. The molecule has 7 heteroatoms. The summed E-state index contributed by atoms with van der Waals surface area (Å²) < 4.78 is 5.78.